The van der Waals surface area contributed by atoms with Crippen molar-refractivity contribution in [2.24, 2.45) is 0 Å². The number of benzene rings is 1. The SMILES string of the molecule is O=C(O)CNS(=O)(=O)c1cccc(Br)c1. The van der Waals surface area contributed by atoms with Gasteiger partial charge in [0.25, 0.3) is 0 Å². The molecule has 0 aromatic heterocycles. The Morgan fingerprint density at radius 1 is 1.47 bits per heavy atom. The van der Waals surface area contributed by atoms with Gasteiger partial charge in [-0.15, -0.1) is 0 Å². The number of sulfonamides is 1. The fourth-order valence-corrected chi connectivity index (χ4v) is 2.45. The first kappa shape index (κ1) is 12.2. The summed E-state index contributed by atoms with van der Waals surface area (Å²) < 4.78 is 25.6. The molecule has 15 heavy (non-hydrogen) atoms. The van der Waals surface area contributed by atoms with Gasteiger partial charge >= 0.3 is 5.97 Å². The number of aliphatic carboxylic acids is 1. The van der Waals surface area contributed by atoms with E-state index in [1.807, 2.05) is 4.72 Å². The van der Waals surface area contributed by atoms with Crippen LogP contribution in [0, 0.1) is 0 Å². The van der Waals surface area contributed by atoms with Gasteiger partial charge in [0.1, 0.15) is 6.54 Å². The van der Waals surface area contributed by atoms with E-state index in [9.17, 15) is 13.2 Å². The molecule has 1 rings (SSSR count). The molecule has 1 aromatic carbocycles. The largest absolute Gasteiger partial charge is 0.480 e. The van der Waals surface area contributed by atoms with Gasteiger partial charge in [0.15, 0.2) is 0 Å². The van der Waals surface area contributed by atoms with Crippen molar-refractivity contribution in [3.63, 3.8) is 0 Å². The molecular weight excluding hydrogens is 286 g/mol. The van der Waals surface area contributed by atoms with Gasteiger partial charge in [-0.1, -0.05) is 22.0 Å². The van der Waals surface area contributed by atoms with Crippen LogP contribution < -0.4 is 4.72 Å². The zero-order valence-corrected chi connectivity index (χ0v) is 9.88. The third kappa shape index (κ3) is 3.61. The van der Waals surface area contributed by atoms with Crippen molar-refractivity contribution in [1.82, 2.24) is 4.72 Å². The summed E-state index contributed by atoms with van der Waals surface area (Å²) in [6, 6.07) is 6.01. The average molecular weight is 294 g/mol. The first-order valence-corrected chi connectivity index (χ1v) is 6.16. The van der Waals surface area contributed by atoms with Gasteiger partial charge < -0.3 is 5.11 Å². The van der Waals surface area contributed by atoms with E-state index < -0.39 is 22.5 Å². The van der Waals surface area contributed by atoms with E-state index in [1.54, 1.807) is 12.1 Å². The highest BCUT2D eigenvalue weighted by molar-refractivity contribution is 9.10. The normalized spacial score (nSPS) is 11.3. The number of rotatable bonds is 4. The summed E-state index contributed by atoms with van der Waals surface area (Å²) in [6.45, 7) is -0.630. The molecule has 7 heteroatoms. The van der Waals surface area contributed by atoms with Crippen molar-refractivity contribution >= 4 is 31.9 Å². The van der Waals surface area contributed by atoms with Crippen molar-refractivity contribution in [2.75, 3.05) is 6.54 Å². The van der Waals surface area contributed by atoms with E-state index in [4.69, 9.17) is 5.11 Å². The zero-order chi connectivity index (χ0) is 11.5. The fourth-order valence-electron chi connectivity index (χ4n) is 0.874. The molecule has 0 aliphatic heterocycles. The minimum atomic E-state index is -3.74. The van der Waals surface area contributed by atoms with Gasteiger partial charge in [0.2, 0.25) is 10.0 Å². The molecule has 82 valence electrons. The Labute approximate surface area is 95.3 Å². The van der Waals surface area contributed by atoms with Crippen molar-refractivity contribution in [3.8, 4) is 0 Å². The molecule has 0 atom stereocenters. The van der Waals surface area contributed by atoms with Gasteiger partial charge in [-0.3, -0.25) is 4.79 Å². The molecule has 0 aliphatic rings. The molecule has 0 heterocycles. The van der Waals surface area contributed by atoms with E-state index in [2.05, 4.69) is 15.9 Å². The molecule has 0 saturated heterocycles. The van der Waals surface area contributed by atoms with Crippen molar-refractivity contribution in [1.29, 1.82) is 0 Å². The maximum absolute atomic E-state index is 11.5. The van der Waals surface area contributed by atoms with Crippen LogP contribution in [-0.4, -0.2) is 26.0 Å². The van der Waals surface area contributed by atoms with Crippen LogP contribution in [-0.2, 0) is 14.8 Å². The lowest BCUT2D eigenvalue weighted by Gasteiger charge is -2.04. The minimum Gasteiger partial charge on any atom is -0.480 e. The summed E-state index contributed by atoms with van der Waals surface area (Å²) in [6.07, 6.45) is 0. The second kappa shape index (κ2) is 4.73. The number of carboxylic acid groups (broad SMARTS) is 1. The lowest BCUT2D eigenvalue weighted by Crippen LogP contribution is -2.29. The van der Waals surface area contributed by atoms with Crippen LogP contribution in [0.2, 0.25) is 0 Å². The Morgan fingerprint density at radius 2 is 2.13 bits per heavy atom. The van der Waals surface area contributed by atoms with Gasteiger partial charge in [-0.05, 0) is 18.2 Å². The summed E-state index contributed by atoms with van der Waals surface area (Å²) in [4.78, 5) is 10.2. The molecule has 2 N–H and O–H groups in total. The molecule has 0 unspecified atom stereocenters. The Bertz CT molecular complexity index is 471. The maximum Gasteiger partial charge on any atom is 0.318 e. The van der Waals surface area contributed by atoms with Gasteiger partial charge in [-0.2, -0.15) is 4.72 Å². The molecule has 5 nitrogen and oxygen atoms in total. The van der Waals surface area contributed by atoms with Crippen molar-refractivity contribution in [3.05, 3.63) is 28.7 Å². The van der Waals surface area contributed by atoms with E-state index >= 15 is 0 Å². The quantitative estimate of drug-likeness (QED) is 0.861. The molecule has 0 radical (unpaired) electrons. The number of carboxylic acids is 1. The first-order valence-electron chi connectivity index (χ1n) is 3.89. The number of halogens is 1. The molecule has 1 aromatic rings. The highest BCUT2D eigenvalue weighted by Gasteiger charge is 2.14. The molecule has 0 aliphatic carbocycles. The van der Waals surface area contributed by atoms with E-state index in [0.29, 0.717) is 4.47 Å². The Balaban J connectivity index is 2.91. The molecule has 0 spiro atoms. The number of hydrogen-bond donors (Lipinski definition) is 2. The van der Waals surface area contributed by atoms with Crippen LogP contribution in [0.4, 0.5) is 0 Å². The highest BCUT2D eigenvalue weighted by Crippen LogP contribution is 2.15. The lowest BCUT2D eigenvalue weighted by atomic mass is 10.4. The molecule has 0 amide bonds. The van der Waals surface area contributed by atoms with E-state index in [0.717, 1.165) is 0 Å². The van der Waals surface area contributed by atoms with Crippen LogP contribution >= 0.6 is 15.9 Å². The van der Waals surface area contributed by atoms with Crippen molar-refractivity contribution in [2.45, 2.75) is 4.90 Å². The van der Waals surface area contributed by atoms with Crippen LogP contribution in [0.5, 0.6) is 0 Å². The molecular formula is C8H8BrNO4S. The molecule has 0 saturated carbocycles. The maximum atomic E-state index is 11.5. The summed E-state index contributed by atoms with van der Waals surface area (Å²) in [5.74, 6) is -1.23. The third-order valence-electron chi connectivity index (χ3n) is 1.52. The zero-order valence-electron chi connectivity index (χ0n) is 7.47. The molecule has 0 fully saturated rings. The number of hydrogen-bond acceptors (Lipinski definition) is 3. The van der Waals surface area contributed by atoms with Crippen LogP contribution in [0.25, 0.3) is 0 Å². The number of nitrogens with one attached hydrogen (secondary N) is 1. The second-order valence-corrected chi connectivity index (χ2v) is 5.36. The topological polar surface area (TPSA) is 83.5 Å². The second-order valence-electron chi connectivity index (χ2n) is 2.68. The lowest BCUT2D eigenvalue weighted by molar-refractivity contribution is -0.135. The number of carbonyl (C=O) groups is 1. The summed E-state index contributed by atoms with van der Waals surface area (Å²) in [5, 5.41) is 8.34. The van der Waals surface area contributed by atoms with Gasteiger partial charge in [-0.25, -0.2) is 8.42 Å². The van der Waals surface area contributed by atoms with Crippen LogP contribution in [0.15, 0.2) is 33.6 Å². The van der Waals surface area contributed by atoms with E-state index in [-0.39, 0.29) is 4.90 Å². The van der Waals surface area contributed by atoms with Crippen LogP contribution in [0.3, 0.4) is 0 Å². The Hall–Kier alpha value is -0.920. The Kier molecular flexibility index (Phi) is 3.83. The monoisotopic (exact) mass is 293 g/mol. The fraction of sp³-hybridized carbons (Fsp3) is 0.125. The Morgan fingerprint density at radius 3 is 2.67 bits per heavy atom. The standard InChI is InChI=1S/C8H8BrNO4S/c9-6-2-1-3-7(4-6)15(13,14)10-5-8(11)12/h1-4,10H,5H2,(H,11,12). The molecule has 0 bridgehead atoms. The van der Waals surface area contributed by atoms with Gasteiger partial charge in [0, 0.05) is 4.47 Å². The average Bonchev–Trinajstić information content (AvgIpc) is 2.15. The summed E-state index contributed by atoms with van der Waals surface area (Å²) in [5.41, 5.74) is 0. The third-order valence-corrected chi connectivity index (χ3v) is 3.41. The highest BCUT2D eigenvalue weighted by atomic mass is 79.9. The van der Waals surface area contributed by atoms with Crippen LogP contribution in [0.1, 0.15) is 0 Å². The first-order chi connectivity index (χ1) is 6.92. The smallest absolute Gasteiger partial charge is 0.318 e. The predicted molar refractivity (Wildman–Crippen MR) is 57.0 cm³/mol. The summed E-state index contributed by atoms with van der Waals surface area (Å²) >= 11 is 3.13. The predicted octanol–water partition coefficient (Wildman–Crippen LogP) is 0.812. The van der Waals surface area contributed by atoms with E-state index in [1.165, 1.54) is 12.1 Å². The van der Waals surface area contributed by atoms with Crippen molar-refractivity contribution < 1.29 is 18.3 Å². The summed E-state index contributed by atoms with van der Waals surface area (Å²) in [7, 11) is -3.74. The van der Waals surface area contributed by atoms with Gasteiger partial charge in [0.05, 0.1) is 4.90 Å². The minimum absolute atomic E-state index is 0.0260.